The molecular weight excluding hydrogens is 747 g/mol. The second-order valence-corrected chi connectivity index (χ2v) is 12.3. The first-order valence-electron chi connectivity index (χ1n) is 10.7. The summed E-state index contributed by atoms with van der Waals surface area (Å²) in [6.07, 6.45) is 1.55. The van der Waals surface area contributed by atoms with Crippen molar-refractivity contribution in [1.29, 1.82) is 0 Å². The lowest BCUT2D eigenvalue weighted by atomic mass is 10.2. The maximum atomic E-state index is 12.8. The molecule has 3 aromatic carbocycles. The molecular formula is C23H14BrIN4O9S2. The fourth-order valence-electron chi connectivity index (χ4n) is 3.24. The molecule has 40 heavy (non-hydrogen) atoms. The highest BCUT2D eigenvalue weighted by molar-refractivity contribution is 14.1. The molecule has 1 aliphatic heterocycles. The third-order valence-electron chi connectivity index (χ3n) is 5.09. The second-order valence-electron chi connectivity index (χ2n) is 7.70. The number of hydrogen-bond acceptors (Lipinski definition) is 11. The summed E-state index contributed by atoms with van der Waals surface area (Å²) in [4.78, 5) is 37.5. The third kappa shape index (κ3) is 6.60. The highest BCUT2D eigenvalue weighted by atomic mass is 127. The maximum absolute atomic E-state index is 12.8. The summed E-state index contributed by atoms with van der Waals surface area (Å²) in [5, 5.41) is 24.7. The van der Waals surface area contributed by atoms with Crippen LogP contribution in [0.15, 0.2) is 73.9 Å². The molecule has 1 fully saturated rings. The molecule has 0 spiro atoms. The van der Waals surface area contributed by atoms with E-state index in [0.717, 1.165) is 36.0 Å². The number of amidine groups is 1. The smallest absolute Gasteiger partial charge is 0.339 e. The molecule has 0 atom stereocenters. The number of amides is 1. The lowest BCUT2D eigenvalue weighted by Gasteiger charge is -2.13. The van der Waals surface area contributed by atoms with E-state index in [1.54, 1.807) is 12.1 Å². The van der Waals surface area contributed by atoms with E-state index in [2.05, 4.69) is 26.2 Å². The molecule has 1 amide bonds. The summed E-state index contributed by atoms with van der Waals surface area (Å²) in [7, 11) is -3.03. The van der Waals surface area contributed by atoms with E-state index in [4.69, 9.17) is 8.92 Å². The standard InChI is InChI=1S/C23H14BrIN4O9S2/c1-37-19-9-12(8-17(25)21(19)38-40(35,36)15-5-2-13(3-6-15)28(31)32)10-20-22(30)27-23(39-20)26-18-7-4-14(29(33)34)11-16(18)24/h2-11H,1H3,(H,26,27,30)/b20-10+. The minimum Gasteiger partial charge on any atom is -0.493 e. The molecule has 0 aromatic heterocycles. The Hall–Kier alpha value is -3.55. The van der Waals surface area contributed by atoms with Gasteiger partial charge in [0.2, 0.25) is 0 Å². The molecule has 1 heterocycles. The van der Waals surface area contributed by atoms with Crippen LogP contribution in [0.5, 0.6) is 11.5 Å². The van der Waals surface area contributed by atoms with Crippen molar-refractivity contribution in [2.24, 2.45) is 4.99 Å². The van der Waals surface area contributed by atoms with Gasteiger partial charge in [0.25, 0.3) is 17.3 Å². The Balaban J connectivity index is 1.58. The van der Waals surface area contributed by atoms with Crippen molar-refractivity contribution in [3.05, 3.63) is 93.3 Å². The van der Waals surface area contributed by atoms with E-state index in [9.17, 15) is 33.4 Å². The number of thioether (sulfide) groups is 1. The second kappa shape index (κ2) is 11.9. The van der Waals surface area contributed by atoms with Crippen molar-refractivity contribution >= 4 is 94.6 Å². The lowest BCUT2D eigenvalue weighted by molar-refractivity contribution is -0.385. The van der Waals surface area contributed by atoms with Crippen LogP contribution in [0.25, 0.3) is 6.08 Å². The fourth-order valence-corrected chi connectivity index (χ4v) is 6.37. The number of aliphatic imine (C=N–C) groups is 1. The van der Waals surface area contributed by atoms with Gasteiger partial charge in [0.05, 0.1) is 35.6 Å². The molecule has 0 unspecified atom stereocenters. The number of halogens is 2. The number of nitrogens with zero attached hydrogens (tertiary/aromatic N) is 3. The Morgan fingerprint density at radius 3 is 2.30 bits per heavy atom. The predicted molar refractivity (Wildman–Crippen MR) is 158 cm³/mol. The first kappa shape index (κ1) is 29.4. The van der Waals surface area contributed by atoms with Gasteiger partial charge in [-0.2, -0.15) is 8.42 Å². The molecule has 0 radical (unpaired) electrons. The summed E-state index contributed by atoms with van der Waals surface area (Å²) in [5.74, 6) is -0.467. The number of rotatable bonds is 8. The van der Waals surface area contributed by atoms with Crippen LogP contribution in [0.2, 0.25) is 0 Å². The molecule has 4 rings (SSSR count). The summed E-state index contributed by atoms with van der Waals surface area (Å²) >= 11 is 6.13. The van der Waals surface area contributed by atoms with Gasteiger partial charge in [-0.05, 0) is 92.3 Å². The zero-order chi connectivity index (χ0) is 29.2. The Morgan fingerprint density at radius 1 is 1.05 bits per heavy atom. The number of hydrogen-bond donors (Lipinski definition) is 1. The minimum atomic E-state index is -4.35. The average molecular weight is 761 g/mol. The summed E-state index contributed by atoms with van der Waals surface area (Å²) in [6, 6.07) is 11.3. The Kier molecular flexibility index (Phi) is 8.76. The first-order valence-corrected chi connectivity index (χ1v) is 14.8. The monoisotopic (exact) mass is 760 g/mol. The van der Waals surface area contributed by atoms with Crippen molar-refractivity contribution < 1.29 is 32.0 Å². The highest BCUT2D eigenvalue weighted by Gasteiger charge is 2.26. The average Bonchev–Trinajstić information content (AvgIpc) is 3.24. The molecule has 206 valence electrons. The third-order valence-corrected chi connectivity index (χ3v) is 8.68. The van der Waals surface area contributed by atoms with Crippen LogP contribution in [0.3, 0.4) is 0 Å². The summed E-state index contributed by atoms with van der Waals surface area (Å²) in [6.45, 7) is 0. The van der Waals surface area contributed by atoms with Crippen molar-refractivity contribution in [2.75, 3.05) is 7.11 Å². The Labute approximate surface area is 252 Å². The topological polar surface area (TPSA) is 180 Å². The van der Waals surface area contributed by atoms with Gasteiger partial charge in [-0.25, -0.2) is 4.99 Å². The van der Waals surface area contributed by atoms with Crippen LogP contribution in [0.1, 0.15) is 5.56 Å². The van der Waals surface area contributed by atoms with Gasteiger partial charge in [0, 0.05) is 24.3 Å². The number of benzene rings is 3. The number of ether oxygens (including phenoxy) is 1. The predicted octanol–water partition coefficient (Wildman–Crippen LogP) is 5.54. The Morgan fingerprint density at radius 2 is 1.70 bits per heavy atom. The quantitative estimate of drug-likeness (QED) is 0.101. The number of nitro groups is 2. The fraction of sp³-hybridized carbons (Fsp3) is 0.0435. The molecule has 1 N–H and O–H groups in total. The maximum Gasteiger partial charge on any atom is 0.339 e. The number of carbonyl (C=O) groups is 1. The van der Waals surface area contributed by atoms with Crippen LogP contribution in [-0.4, -0.2) is 36.4 Å². The normalized spacial score (nSPS) is 15.2. The van der Waals surface area contributed by atoms with Crippen LogP contribution < -0.4 is 14.2 Å². The van der Waals surface area contributed by atoms with Crippen LogP contribution in [0, 0.1) is 23.8 Å². The largest absolute Gasteiger partial charge is 0.493 e. The Bertz CT molecular complexity index is 1730. The van der Waals surface area contributed by atoms with Gasteiger partial charge in [0.15, 0.2) is 16.7 Å². The van der Waals surface area contributed by atoms with Crippen molar-refractivity contribution in [3.63, 3.8) is 0 Å². The molecule has 0 aliphatic carbocycles. The molecule has 3 aromatic rings. The summed E-state index contributed by atoms with van der Waals surface area (Å²) < 4.78 is 37.0. The van der Waals surface area contributed by atoms with Crippen molar-refractivity contribution in [3.8, 4) is 11.5 Å². The SMILES string of the molecule is COc1cc(/C=C2/SC(=Nc3ccc([N+](=O)[O-])cc3Br)NC2=O)cc(I)c1OS(=O)(=O)c1ccc([N+](=O)[O-])cc1. The zero-order valence-corrected chi connectivity index (χ0v) is 25.2. The molecule has 1 saturated heterocycles. The van der Waals surface area contributed by atoms with E-state index >= 15 is 0 Å². The number of nitrogens with one attached hydrogen (secondary N) is 1. The van der Waals surface area contributed by atoms with Gasteiger partial charge >= 0.3 is 10.1 Å². The number of nitro benzene ring substituents is 2. The van der Waals surface area contributed by atoms with Gasteiger partial charge in [0.1, 0.15) is 4.90 Å². The first-order chi connectivity index (χ1) is 18.9. The minimum absolute atomic E-state index is 0.0661. The van der Waals surface area contributed by atoms with Gasteiger partial charge in [-0.15, -0.1) is 0 Å². The van der Waals surface area contributed by atoms with E-state index in [1.165, 1.54) is 31.4 Å². The molecule has 0 saturated carbocycles. The highest BCUT2D eigenvalue weighted by Crippen LogP contribution is 2.38. The van der Waals surface area contributed by atoms with Gasteiger partial charge in [-0.3, -0.25) is 25.0 Å². The number of methoxy groups -OCH3 is 1. The van der Waals surface area contributed by atoms with Crippen LogP contribution in [-0.2, 0) is 14.9 Å². The zero-order valence-electron chi connectivity index (χ0n) is 19.9. The molecule has 1 aliphatic rings. The molecule has 0 bridgehead atoms. The van der Waals surface area contributed by atoms with E-state index in [-0.39, 0.29) is 37.8 Å². The van der Waals surface area contributed by atoms with Crippen molar-refractivity contribution in [1.82, 2.24) is 5.32 Å². The molecule has 17 heteroatoms. The van der Waals surface area contributed by atoms with Crippen molar-refractivity contribution in [2.45, 2.75) is 4.90 Å². The lowest BCUT2D eigenvalue weighted by Crippen LogP contribution is -2.19. The molecule has 13 nitrogen and oxygen atoms in total. The van der Waals surface area contributed by atoms with E-state index in [1.807, 2.05) is 22.6 Å². The number of non-ortho nitro benzene ring substituents is 2. The van der Waals surface area contributed by atoms with E-state index in [0.29, 0.717) is 19.3 Å². The summed E-state index contributed by atoms with van der Waals surface area (Å²) in [5.41, 5.74) is 0.486. The van der Waals surface area contributed by atoms with Gasteiger partial charge in [-0.1, -0.05) is 0 Å². The number of carbonyl (C=O) groups excluding carboxylic acids is 1. The van der Waals surface area contributed by atoms with Crippen LogP contribution >= 0.6 is 50.3 Å². The van der Waals surface area contributed by atoms with Crippen LogP contribution in [0.4, 0.5) is 17.1 Å². The van der Waals surface area contributed by atoms with E-state index < -0.39 is 25.9 Å². The van der Waals surface area contributed by atoms with Gasteiger partial charge < -0.3 is 14.2 Å².